The highest BCUT2D eigenvalue weighted by molar-refractivity contribution is 5.77. The number of amides is 1. The van der Waals surface area contributed by atoms with Crippen LogP contribution >= 0.6 is 0 Å². The lowest BCUT2D eigenvalue weighted by Gasteiger charge is -2.27. The fourth-order valence-electron chi connectivity index (χ4n) is 3.03. The zero-order chi connectivity index (χ0) is 15.2. The van der Waals surface area contributed by atoms with E-state index in [1.54, 1.807) is 0 Å². The minimum Gasteiger partial charge on any atom is -0.349 e. The van der Waals surface area contributed by atoms with Crippen LogP contribution in [0.5, 0.6) is 0 Å². The minimum atomic E-state index is 0.0307. The molecule has 3 nitrogen and oxygen atoms in total. The average molecular weight is 288 g/mol. The molecule has 1 saturated carbocycles. The Hall–Kier alpha value is -1.35. The number of hydrogen-bond donors (Lipinski definition) is 2. The first kappa shape index (κ1) is 16.0. The summed E-state index contributed by atoms with van der Waals surface area (Å²) in [6.45, 7) is 4.37. The standard InChI is InChI=1S/C18H28N2O/c1-3-13(4-2)18(15-8-6-5-7-9-15)20-17(21)12-16(19)14-10-11-14/h5-9,13-14,16,18H,3-4,10-12,19H2,1-2H3,(H,20,21). The van der Waals surface area contributed by atoms with Crippen molar-refractivity contribution in [3.63, 3.8) is 0 Å². The third kappa shape index (κ3) is 4.57. The number of hydrogen-bond acceptors (Lipinski definition) is 2. The lowest BCUT2D eigenvalue weighted by molar-refractivity contribution is -0.122. The number of benzene rings is 1. The van der Waals surface area contributed by atoms with Crippen LogP contribution in [0.4, 0.5) is 0 Å². The van der Waals surface area contributed by atoms with Crippen LogP contribution in [0.25, 0.3) is 0 Å². The Morgan fingerprint density at radius 2 is 1.86 bits per heavy atom. The molecule has 1 aromatic rings. The predicted octanol–water partition coefficient (Wildman–Crippen LogP) is 3.41. The van der Waals surface area contributed by atoms with Crippen molar-refractivity contribution >= 4 is 5.91 Å². The normalized spacial score (nSPS) is 17.5. The van der Waals surface area contributed by atoms with Crippen LogP contribution < -0.4 is 11.1 Å². The maximum Gasteiger partial charge on any atom is 0.222 e. The summed E-state index contributed by atoms with van der Waals surface area (Å²) in [6.07, 6.45) is 4.94. The van der Waals surface area contributed by atoms with Crippen LogP contribution in [0.15, 0.2) is 30.3 Å². The van der Waals surface area contributed by atoms with Gasteiger partial charge in [-0.05, 0) is 30.2 Å². The third-order valence-electron chi connectivity index (χ3n) is 4.64. The SMILES string of the molecule is CCC(CC)C(NC(=O)CC(N)C1CC1)c1ccccc1. The Morgan fingerprint density at radius 3 is 2.38 bits per heavy atom. The summed E-state index contributed by atoms with van der Waals surface area (Å²) in [7, 11) is 0. The molecule has 1 fully saturated rings. The molecule has 0 saturated heterocycles. The van der Waals surface area contributed by atoms with Crippen LogP contribution in [0.2, 0.25) is 0 Å². The summed E-state index contributed by atoms with van der Waals surface area (Å²) in [6, 6.07) is 10.4. The third-order valence-corrected chi connectivity index (χ3v) is 4.64. The van der Waals surface area contributed by atoms with Crippen LogP contribution in [-0.2, 0) is 4.79 Å². The van der Waals surface area contributed by atoms with Gasteiger partial charge in [-0.25, -0.2) is 0 Å². The highest BCUT2D eigenvalue weighted by Gasteiger charge is 2.31. The molecule has 2 unspecified atom stereocenters. The van der Waals surface area contributed by atoms with Crippen molar-refractivity contribution in [1.82, 2.24) is 5.32 Å². The first-order valence-corrected chi connectivity index (χ1v) is 8.25. The largest absolute Gasteiger partial charge is 0.349 e. The van der Waals surface area contributed by atoms with E-state index in [4.69, 9.17) is 5.73 Å². The smallest absolute Gasteiger partial charge is 0.222 e. The molecule has 116 valence electrons. The number of carbonyl (C=O) groups is 1. The van der Waals surface area contributed by atoms with Crippen molar-refractivity contribution in [2.24, 2.45) is 17.6 Å². The number of rotatable bonds is 8. The van der Waals surface area contributed by atoms with Crippen LogP contribution in [0.1, 0.15) is 57.6 Å². The fourth-order valence-corrected chi connectivity index (χ4v) is 3.03. The molecule has 0 spiro atoms. The van der Waals surface area contributed by atoms with Gasteiger partial charge in [-0.15, -0.1) is 0 Å². The highest BCUT2D eigenvalue weighted by atomic mass is 16.1. The van der Waals surface area contributed by atoms with E-state index in [0.717, 1.165) is 12.8 Å². The quantitative estimate of drug-likeness (QED) is 0.770. The number of carbonyl (C=O) groups excluding carboxylic acids is 1. The van der Waals surface area contributed by atoms with Crippen LogP contribution in [-0.4, -0.2) is 11.9 Å². The van der Waals surface area contributed by atoms with Gasteiger partial charge in [-0.2, -0.15) is 0 Å². The Labute approximate surface area is 128 Å². The zero-order valence-electron chi connectivity index (χ0n) is 13.2. The molecule has 0 aromatic heterocycles. The topological polar surface area (TPSA) is 55.1 Å². The molecule has 21 heavy (non-hydrogen) atoms. The predicted molar refractivity (Wildman–Crippen MR) is 86.7 cm³/mol. The summed E-state index contributed by atoms with van der Waals surface area (Å²) in [4.78, 5) is 12.3. The van der Waals surface area contributed by atoms with Crippen molar-refractivity contribution in [3.05, 3.63) is 35.9 Å². The zero-order valence-corrected chi connectivity index (χ0v) is 13.2. The van der Waals surface area contributed by atoms with Gasteiger partial charge in [0.2, 0.25) is 5.91 Å². The van der Waals surface area contributed by atoms with Crippen molar-refractivity contribution in [2.75, 3.05) is 0 Å². The molecule has 1 aliphatic rings. The minimum absolute atomic E-state index is 0.0307. The Bertz CT molecular complexity index is 438. The van der Waals surface area contributed by atoms with Crippen molar-refractivity contribution in [3.8, 4) is 0 Å². The van der Waals surface area contributed by atoms with E-state index in [2.05, 4.69) is 31.3 Å². The highest BCUT2D eigenvalue weighted by Crippen LogP contribution is 2.33. The van der Waals surface area contributed by atoms with Gasteiger partial charge in [0.1, 0.15) is 0 Å². The van der Waals surface area contributed by atoms with Gasteiger partial charge in [0.25, 0.3) is 0 Å². The molecule has 3 heteroatoms. The van der Waals surface area contributed by atoms with Gasteiger partial charge >= 0.3 is 0 Å². The summed E-state index contributed by atoms with van der Waals surface area (Å²) in [5.74, 6) is 1.13. The van der Waals surface area contributed by atoms with E-state index in [1.165, 1.54) is 18.4 Å². The first-order valence-electron chi connectivity index (χ1n) is 8.25. The van der Waals surface area contributed by atoms with Crippen molar-refractivity contribution in [2.45, 2.75) is 58.0 Å². The molecular formula is C18H28N2O. The lowest BCUT2D eigenvalue weighted by atomic mass is 9.88. The van der Waals surface area contributed by atoms with Gasteiger partial charge in [-0.1, -0.05) is 57.0 Å². The first-order chi connectivity index (χ1) is 10.2. The number of nitrogens with two attached hydrogens (primary N) is 1. The molecule has 0 heterocycles. The van der Waals surface area contributed by atoms with Gasteiger partial charge in [-0.3, -0.25) is 4.79 Å². The maximum atomic E-state index is 12.3. The van der Waals surface area contributed by atoms with Gasteiger partial charge in [0, 0.05) is 12.5 Å². The molecule has 1 aliphatic carbocycles. The molecular weight excluding hydrogens is 260 g/mol. The summed E-state index contributed by atoms with van der Waals surface area (Å²) < 4.78 is 0. The van der Waals surface area contributed by atoms with E-state index in [1.807, 2.05) is 18.2 Å². The summed E-state index contributed by atoms with van der Waals surface area (Å²) in [5.41, 5.74) is 7.27. The Kier molecular flexibility index (Phi) is 5.80. The maximum absolute atomic E-state index is 12.3. The van der Waals surface area contributed by atoms with Crippen molar-refractivity contribution < 1.29 is 4.79 Å². The van der Waals surface area contributed by atoms with E-state index >= 15 is 0 Å². The molecule has 3 N–H and O–H groups in total. The molecule has 0 aliphatic heterocycles. The van der Waals surface area contributed by atoms with E-state index in [-0.39, 0.29) is 18.0 Å². The van der Waals surface area contributed by atoms with E-state index in [0.29, 0.717) is 18.3 Å². The van der Waals surface area contributed by atoms with Crippen LogP contribution in [0.3, 0.4) is 0 Å². The Morgan fingerprint density at radius 1 is 1.24 bits per heavy atom. The average Bonchev–Trinajstić information content (AvgIpc) is 3.33. The van der Waals surface area contributed by atoms with Gasteiger partial charge < -0.3 is 11.1 Å². The second-order valence-corrected chi connectivity index (χ2v) is 6.24. The summed E-state index contributed by atoms with van der Waals surface area (Å²) >= 11 is 0. The van der Waals surface area contributed by atoms with Gasteiger partial charge in [0.15, 0.2) is 0 Å². The number of nitrogens with one attached hydrogen (secondary N) is 1. The molecule has 0 bridgehead atoms. The molecule has 2 atom stereocenters. The van der Waals surface area contributed by atoms with Crippen LogP contribution in [0, 0.1) is 11.8 Å². The van der Waals surface area contributed by atoms with Gasteiger partial charge in [0.05, 0.1) is 6.04 Å². The lowest BCUT2D eigenvalue weighted by Crippen LogP contribution is -2.37. The second kappa shape index (κ2) is 7.60. The Balaban J connectivity index is 2.02. The fraction of sp³-hybridized carbons (Fsp3) is 0.611. The molecule has 1 amide bonds. The second-order valence-electron chi connectivity index (χ2n) is 6.24. The van der Waals surface area contributed by atoms with E-state index in [9.17, 15) is 4.79 Å². The van der Waals surface area contributed by atoms with E-state index < -0.39 is 0 Å². The molecule has 2 rings (SSSR count). The van der Waals surface area contributed by atoms with Crippen molar-refractivity contribution in [1.29, 1.82) is 0 Å². The molecule has 1 aromatic carbocycles. The molecule has 0 radical (unpaired) electrons. The monoisotopic (exact) mass is 288 g/mol. The summed E-state index contributed by atoms with van der Waals surface area (Å²) in [5, 5.41) is 3.23.